The van der Waals surface area contributed by atoms with Crippen molar-refractivity contribution < 1.29 is 4.79 Å². The number of anilines is 2. The number of fused-ring (bicyclic) bond motifs is 1. The lowest BCUT2D eigenvalue weighted by Crippen LogP contribution is -2.49. The summed E-state index contributed by atoms with van der Waals surface area (Å²) in [5.74, 6) is 1.37. The standard InChI is InChI=1S/C16H17BrN8O/c17-14-13-15(23-22-14)19-10-20-16(13)25-7-5-24(6-8-25)9-12(26)21-11-3-1-2-4-18-11/h1-4,10H,5-9H2,(H,18,21,26)(H,19,20,22,23). The maximum absolute atomic E-state index is 12.2. The van der Waals surface area contributed by atoms with E-state index in [-0.39, 0.29) is 5.91 Å². The van der Waals surface area contributed by atoms with Gasteiger partial charge in [-0.2, -0.15) is 5.10 Å². The van der Waals surface area contributed by atoms with E-state index < -0.39 is 0 Å². The van der Waals surface area contributed by atoms with E-state index in [1.54, 1.807) is 12.3 Å². The van der Waals surface area contributed by atoms with Crippen molar-refractivity contribution in [2.45, 2.75) is 0 Å². The third-order valence-electron chi connectivity index (χ3n) is 4.26. The predicted molar refractivity (Wildman–Crippen MR) is 101 cm³/mol. The Morgan fingerprint density at radius 2 is 2.04 bits per heavy atom. The number of pyridine rings is 1. The summed E-state index contributed by atoms with van der Waals surface area (Å²) in [6.07, 6.45) is 3.18. The lowest BCUT2D eigenvalue weighted by Gasteiger charge is -2.35. The van der Waals surface area contributed by atoms with Crippen LogP contribution >= 0.6 is 15.9 Å². The topological polar surface area (TPSA) is 103 Å². The van der Waals surface area contributed by atoms with Gasteiger partial charge in [0.05, 0.1) is 11.9 Å². The number of nitrogens with one attached hydrogen (secondary N) is 2. The van der Waals surface area contributed by atoms with E-state index in [4.69, 9.17) is 0 Å². The van der Waals surface area contributed by atoms with Crippen molar-refractivity contribution in [3.8, 4) is 0 Å². The number of piperazine rings is 1. The van der Waals surface area contributed by atoms with Crippen LogP contribution in [0.3, 0.4) is 0 Å². The van der Waals surface area contributed by atoms with E-state index in [1.807, 2.05) is 12.1 Å². The molecule has 0 radical (unpaired) electrons. The third kappa shape index (κ3) is 3.51. The van der Waals surface area contributed by atoms with Gasteiger partial charge >= 0.3 is 0 Å². The molecule has 134 valence electrons. The number of aromatic amines is 1. The van der Waals surface area contributed by atoms with Gasteiger partial charge < -0.3 is 10.2 Å². The molecule has 10 heteroatoms. The molecule has 9 nitrogen and oxygen atoms in total. The normalized spacial score (nSPS) is 15.3. The average Bonchev–Trinajstić information content (AvgIpc) is 3.04. The van der Waals surface area contributed by atoms with Crippen molar-refractivity contribution >= 4 is 44.5 Å². The molecule has 4 rings (SSSR count). The predicted octanol–water partition coefficient (Wildman–Crippen LogP) is 1.27. The maximum Gasteiger partial charge on any atom is 0.239 e. The van der Waals surface area contributed by atoms with E-state index in [2.05, 4.69) is 56.2 Å². The Morgan fingerprint density at radius 3 is 2.81 bits per heavy atom. The van der Waals surface area contributed by atoms with Crippen molar-refractivity contribution in [2.24, 2.45) is 0 Å². The van der Waals surface area contributed by atoms with Crippen LogP contribution in [0, 0.1) is 0 Å². The summed E-state index contributed by atoms with van der Waals surface area (Å²) < 4.78 is 0.778. The highest BCUT2D eigenvalue weighted by Gasteiger charge is 2.23. The fraction of sp³-hybridized carbons (Fsp3) is 0.312. The van der Waals surface area contributed by atoms with Gasteiger partial charge in [-0.1, -0.05) is 6.07 Å². The molecule has 3 aromatic rings. The smallest absolute Gasteiger partial charge is 0.239 e. The number of carbonyl (C=O) groups is 1. The number of carbonyl (C=O) groups excluding carboxylic acids is 1. The van der Waals surface area contributed by atoms with Gasteiger partial charge in [-0.05, 0) is 28.1 Å². The summed E-state index contributed by atoms with van der Waals surface area (Å²) in [5.41, 5.74) is 0.638. The largest absolute Gasteiger partial charge is 0.353 e. The molecule has 3 aromatic heterocycles. The first-order valence-electron chi connectivity index (χ1n) is 8.23. The van der Waals surface area contributed by atoms with Crippen LogP contribution < -0.4 is 10.2 Å². The zero-order valence-electron chi connectivity index (χ0n) is 13.9. The molecule has 0 atom stereocenters. The first kappa shape index (κ1) is 16.9. The second-order valence-corrected chi connectivity index (χ2v) is 6.75. The van der Waals surface area contributed by atoms with Gasteiger partial charge in [0.25, 0.3) is 0 Å². The van der Waals surface area contributed by atoms with Gasteiger partial charge in [0.1, 0.15) is 22.6 Å². The highest BCUT2D eigenvalue weighted by atomic mass is 79.9. The quantitative estimate of drug-likeness (QED) is 0.659. The molecule has 1 aliphatic heterocycles. The van der Waals surface area contributed by atoms with Gasteiger partial charge in [0, 0.05) is 32.4 Å². The Bertz CT molecular complexity index is 907. The van der Waals surface area contributed by atoms with Crippen molar-refractivity contribution in [3.63, 3.8) is 0 Å². The first-order valence-corrected chi connectivity index (χ1v) is 9.03. The number of rotatable bonds is 4. The monoisotopic (exact) mass is 416 g/mol. The minimum absolute atomic E-state index is 0.0563. The molecular formula is C16H17BrN8O. The van der Waals surface area contributed by atoms with Crippen LogP contribution in [0.25, 0.3) is 11.0 Å². The van der Waals surface area contributed by atoms with Crippen LogP contribution in [0.1, 0.15) is 0 Å². The second kappa shape index (κ2) is 7.34. The second-order valence-electron chi connectivity index (χ2n) is 5.96. The Balaban J connectivity index is 1.37. The summed E-state index contributed by atoms with van der Waals surface area (Å²) in [6.45, 7) is 3.45. The van der Waals surface area contributed by atoms with Crippen molar-refractivity contribution in [1.82, 2.24) is 30.0 Å². The zero-order valence-corrected chi connectivity index (χ0v) is 15.5. The van der Waals surface area contributed by atoms with E-state index in [0.29, 0.717) is 18.0 Å². The van der Waals surface area contributed by atoms with Gasteiger partial charge in [0.15, 0.2) is 5.65 Å². The first-order chi connectivity index (χ1) is 12.7. The van der Waals surface area contributed by atoms with Gasteiger partial charge in [-0.15, -0.1) is 0 Å². The van der Waals surface area contributed by atoms with Crippen molar-refractivity contribution in [2.75, 3.05) is 42.9 Å². The molecule has 0 aromatic carbocycles. The molecule has 1 aliphatic rings. The highest BCUT2D eigenvalue weighted by molar-refractivity contribution is 9.10. The molecule has 0 saturated carbocycles. The minimum atomic E-state index is -0.0563. The Hall–Kier alpha value is -2.59. The highest BCUT2D eigenvalue weighted by Crippen LogP contribution is 2.28. The number of aromatic nitrogens is 5. The number of halogens is 1. The SMILES string of the molecule is O=C(CN1CCN(c2ncnc3n[nH]c(Br)c23)CC1)Nc1ccccn1. The zero-order chi connectivity index (χ0) is 17.9. The van der Waals surface area contributed by atoms with Crippen molar-refractivity contribution in [1.29, 1.82) is 0 Å². The summed E-state index contributed by atoms with van der Waals surface area (Å²) in [4.78, 5) is 29.2. The third-order valence-corrected chi connectivity index (χ3v) is 4.83. The number of H-pyrrole nitrogens is 1. The molecule has 0 bridgehead atoms. The summed E-state index contributed by atoms with van der Waals surface area (Å²) in [6, 6.07) is 5.44. The maximum atomic E-state index is 12.2. The van der Waals surface area contributed by atoms with Crippen LogP contribution in [0.4, 0.5) is 11.6 Å². The number of nitrogens with zero attached hydrogens (tertiary/aromatic N) is 6. The molecule has 0 spiro atoms. The van der Waals surface area contributed by atoms with Gasteiger partial charge in [-0.25, -0.2) is 15.0 Å². The lowest BCUT2D eigenvalue weighted by atomic mass is 10.2. The van der Waals surface area contributed by atoms with Crippen molar-refractivity contribution in [3.05, 3.63) is 35.3 Å². The van der Waals surface area contributed by atoms with Gasteiger partial charge in [0.2, 0.25) is 5.91 Å². The summed E-state index contributed by atoms with van der Waals surface area (Å²) in [5, 5.41) is 10.7. The Kier molecular flexibility index (Phi) is 4.76. The molecule has 1 amide bonds. The van der Waals surface area contributed by atoms with Crippen LogP contribution in [-0.4, -0.2) is 68.7 Å². The molecule has 1 fully saturated rings. The minimum Gasteiger partial charge on any atom is -0.353 e. The molecular weight excluding hydrogens is 400 g/mol. The Morgan fingerprint density at radius 1 is 1.19 bits per heavy atom. The molecule has 0 unspecified atom stereocenters. The van der Waals surface area contributed by atoms with Gasteiger partial charge in [-0.3, -0.25) is 14.8 Å². The number of amides is 1. The molecule has 4 heterocycles. The Labute approximate surface area is 158 Å². The van der Waals surface area contributed by atoms with E-state index >= 15 is 0 Å². The molecule has 1 saturated heterocycles. The lowest BCUT2D eigenvalue weighted by molar-refractivity contribution is -0.117. The van der Waals surface area contributed by atoms with E-state index in [0.717, 1.165) is 42.0 Å². The average molecular weight is 417 g/mol. The molecule has 0 aliphatic carbocycles. The van der Waals surface area contributed by atoms with Crippen LogP contribution in [0.5, 0.6) is 0 Å². The summed E-state index contributed by atoms with van der Waals surface area (Å²) >= 11 is 3.47. The fourth-order valence-corrected chi connectivity index (χ4v) is 3.43. The number of hydrogen-bond donors (Lipinski definition) is 2. The van der Waals surface area contributed by atoms with E-state index in [1.165, 1.54) is 6.33 Å². The van der Waals surface area contributed by atoms with Crippen LogP contribution in [-0.2, 0) is 4.79 Å². The molecule has 26 heavy (non-hydrogen) atoms. The van der Waals surface area contributed by atoms with E-state index in [9.17, 15) is 4.79 Å². The molecule has 2 N–H and O–H groups in total. The van der Waals surface area contributed by atoms with Crippen LogP contribution in [0.2, 0.25) is 0 Å². The van der Waals surface area contributed by atoms with Crippen LogP contribution in [0.15, 0.2) is 35.3 Å². The summed E-state index contributed by atoms with van der Waals surface area (Å²) in [7, 11) is 0. The number of hydrogen-bond acceptors (Lipinski definition) is 7. The fourth-order valence-electron chi connectivity index (χ4n) is 2.99.